The first kappa shape index (κ1) is 13.7. The predicted molar refractivity (Wildman–Crippen MR) is 82.9 cm³/mol. The average molecular weight is 307 g/mol. The molecule has 1 fully saturated rings. The second-order valence-electron chi connectivity index (χ2n) is 4.94. The Labute approximate surface area is 126 Å². The fourth-order valence-corrected chi connectivity index (χ4v) is 4.08. The van der Waals surface area contributed by atoms with Gasteiger partial charge in [0.2, 0.25) is 5.13 Å². The first-order valence-electron chi connectivity index (χ1n) is 6.94. The van der Waals surface area contributed by atoms with Crippen LogP contribution in [0.4, 0.5) is 5.13 Å². The highest BCUT2D eigenvalue weighted by atomic mass is 32.1. The number of Topliss-reactive ketones (excluding diaryl/α,β-unsaturated/α-hetero) is 1. The zero-order valence-electron chi connectivity index (χ0n) is 11.4. The van der Waals surface area contributed by atoms with Crippen molar-refractivity contribution in [1.29, 1.82) is 0 Å². The van der Waals surface area contributed by atoms with Crippen molar-refractivity contribution in [1.82, 2.24) is 9.36 Å². The van der Waals surface area contributed by atoms with Gasteiger partial charge in [-0.25, -0.2) is 4.98 Å². The number of ketones is 1. The van der Waals surface area contributed by atoms with Gasteiger partial charge in [0.1, 0.15) is 5.82 Å². The molecule has 0 saturated carbocycles. The fourth-order valence-electron chi connectivity index (χ4n) is 2.56. The molecule has 2 aromatic rings. The van der Waals surface area contributed by atoms with Gasteiger partial charge in [0.25, 0.3) is 0 Å². The zero-order chi connectivity index (χ0) is 13.9. The van der Waals surface area contributed by atoms with Crippen molar-refractivity contribution in [3.8, 4) is 0 Å². The summed E-state index contributed by atoms with van der Waals surface area (Å²) >= 11 is 2.98. The van der Waals surface area contributed by atoms with Crippen LogP contribution in [0.2, 0.25) is 0 Å². The summed E-state index contributed by atoms with van der Waals surface area (Å²) in [6.07, 6.45) is 3.65. The Morgan fingerprint density at radius 3 is 3.15 bits per heavy atom. The Kier molecular flexibility index (Phi) is 4.12. The maximum atomic E-state index is 12.3. The fraction of sp³-hybridized carbons (Fsp3) is 0.500. The van der Waals surface area contributed by atoms with Crippen LogP contribution < -0.4 is 4.90 Å². The zero-order valence-corrected chi connectivity index (χ0v) is 13.0. The molecule has 0 radical (unpaired) electrons. The minimum Gasteiger partial charge on any atom is -0.343 e. The SMILES string of the molecule is CCc1nsc(N2CCC[C@H]2CC(=O)c2cccs2)n1. The molecule has 2 aromatic heterocycles. The van der Waals surface area contributed by atoms with E-state index in [2.05, 4.69) is 21.2 Å². The number of hydrogen-bond acceptors (Lipinski definition) is 6. The standard InChI is InChI=1S/C14H17N3OS2/c1-2-13-15-14(20-16-13)17-7-3-5-10(17)9-11(18)12-6-4-8-19-12/h4,6,8,10H,2-3,5,7,9H2,1H3/t10-/m0/s1. The van der Waals surface area contributed by atoms with Crippen molar-refractivity contribution in [3.63, 3.8) is 0 Å². The van der Waals surface area contributed by atoms with E-state index in [4.69, 9.17) is 0 Å². The molecule has 1 aliphatic heterocycles. The first-order chi connectivity index (χ1) is 9.78. The van der Waals surface area contributed by atoms with Crippen LogP contribution in [0.1, 0.15) is 41.7 Å². The molecule has 0 amide bonds. The van der Waals surface area contributed by atoms with E-state index in [0.717, 1.165) is 41.6 Å². The number of carbonyl (C=O) groups is 1. The van der Waals surface area contributed by atoms with Gasteiger partial charge < -0.3 is 4.90 Å². The van der Waals surface area contributed by atoms with Crippen LogP contribution in [0.5, 0.6) is 0 Å². The summed E-state index contributed by atoms with van der Waals surface area (Å²) in [6, 6.07) is 4.12. The van der Waals surface area contributed by atoms with Gasteiger partial charge in [-0.2, -0.15) is 4.37 Å². The molecule has 1 atom stereocenters. The second kappa shape index (κ2) is 6.01. The number of aromatic nitrogens is 2. The molecule has 0 N–H and O–H groups in total. The third-order valence-electron chi connectivity index (χ3n) is 3.61. The summed E-state index contributed by atoms with van der Waals surface area (Å²) < 4.78 is 4.35. The van der Waals surface area contributed by atoms with E-state index in [-0.39, 0.29) is 11.8 Å². The van der Waals surface area contributed by atoms with Crippen molar-refractivity contribution in [3.05, 3.63) is 28.2 Å². The molecule has 0 bridgehead atoms. The van der Waals surface area contributed by atoms with Gasteiger partial charge in [-0.05, 0) is 24.3 Å². The van der Waals surface area contributed by atoms with Crippen LogP contribution in [0.3, 0.4) is 0 Å². The maximum absolute atomic E-state index is 12.3. The quantitative estimate of drug-likeness (QED) is 0.794. The Hall–Kier alpha value is -1.27. The maximum Gasteiger partial charge on any atom is 0.205 e. The molecular weight excluding hydrogens is 290 g/mol. The molecule has 3 heterocycles. The summed E-state index contributed by atoms with van der Waals surface area (Å²) in [5.41, 5.74) is 0. The normalized spacial score (nSPS) is 18.6. The highest BCUT2D eigenvalue weighted by molar-refractivity contribution is 7.12. The van der Waals surface area contributed by atoms with E-state index >= 15 is 0 Å². The number of hydrogen-bond donors (Lipinski definition) is 0. The van der Waals surface area contributed by atoms with E-state index in [1.165, 1.54) is 22.9 Å². The van der Waals surface area contributed by atoms with E-state index in [1.807, 2.05) is 17.5 Å². The smallest absolute Gasteiger partial charge is 0.205 e. The second-order valence-corrected chi connectivity index (χ2v) is 6.62. The minimum atomic E-state index is 0.247. The molecule has 1 aliphatic rings. The van der Waals surface area contributed by atoms with Gasteiger partial charge in [0, 0.05) is 37.0 Å². The number of rotatable bonds is 5. The molecule has 0 aromatic carbocycles. The van der Waals surface area contributed by atoms with Crippen LogP contribution in [-0.2, 0) is 6.42 Å². The summed E-state index contributed by atoms with van der Waals surface area (Å²) in [4.78, 5) is 19.9. The lowest BCUT2D eigenvalue weighted by atomic mass is 10.1. The summed E-state index contributed by atoms with van der Waals surface area (Å²) in [5, 5.41) is 2.93. The number of anilines is 1. The summed E-state index contributed by atoms with van der Waals surface area (Å²) in [7, 11) is 0. The van der Waals surface area contributed by atoms with Crippen molar-refractivity contribution in [2.75, 3.05) is 11.4 Å². The van der Waals surface area contributed by atoms with Crippen molar-refractivity contribution in [2.24, 2.45) is 0 Å². The van der Waals surface area contributed by atoms with Crippen LogP contribution in [0.25, 0.3) is 0 Å². The van der Waals surface area contributed by atoms with Gasteiger partial charge in [-0.15, -0.1) is 11.3 Å². The van der Waals surface area contributed by atoms with E-state index in [0.29, 0.717) is 6.42 Å². The minimum absolute atomic E-state index is 0.247. The number of carbonyl (C=O) groups excluding carboxylic acids is 1. The third kappa shape index (κ3) is 2.76. The Bertz CT molecular complexity index is 579. The number of thiophene rings is 1. The Morgan fingerprint density at radius 2 is 2.45 bits per heavy atom. The molecule has 0 aliphatic carbocycles. The summed E-state index contributed by atoms with van der Waals surface area (Å²) in [6.45, 7) is 3.05. The molecular formula is C14H17N3OS2. The van der Waals surface area contributed by atoms with E-state index in [1.54, 1.807) is 0 Å². The largest absolute Gasteiger partial charge is 0.343 e. The molecule has 6 heteroatoms. The van der Waals surface area contributed by atoms with E-state index in [9.17, 15) is 4.79 Å². The van der Waals surface area contributed by atoms with Crippen LogP contribution in [-0.4, -0.2) is 27.7 Å². The predicted octanol–water partition coefficient (Wildman–Crippen LogP) is 3.40. The molecule has 4 nitrogen and oxygen atoms in total. The van der Waals surface area contributed by atoms with Gasteiger partial charge in [-0.3, -0.25) is 4.79 Å². The monoisotopic (exact) mass is 307 g/mol. The number of aryl methyl sites for hydroxylation is 1. The molecule has 0 spiro atoms. The Balaban J connectivity index is 1.71. The van der Waals surface area contributed by atoms with Gasteiger partial charge in [0.05, 0.1) is 4.88 Å². The van der Waals surface area contributed by atoms with E-state index < -0.39 is 0 Å². The van der Waals surface area contributed by atoms with Crippen LogP contribution in [0, 0.1) is 0 Å². The Morgan fingerprint density at radius 1 is 1.55 bits per heavy atom. The first-order valence-corrected chi connectivity index (χ1v) is 8.59. The molecule has 20 heavy (non-hydrogen) atoms. The van der Waals surface area contributed by atoms with Crippen molar-refractivity contribution < 1.29 is 4.79 Å². The highest BCUT2D eigenvalue weighted by Gasteiger charge is 2.29. The van der Waals surface area contributed by atoms with Crippen molar-refractivity contribution >= 4 is 33.8 Å². The van der Waals surface area contributed by atoms with Crippen LogP contribution in [0.15, 0.2) is 17.5 Å². The van der Waals surface area contributed by atoms with Gasteiger partial charge in [0.15, 0.2) is 5.78 Å². The van der Waals surface area contributed by atoms with Gasteiger partial charge >= 0.3 is 0 Å². The highest BCUT2D eigenvalue weighted by Crippen LogP contribution is 2.30. The van der Waals surface area contributed by atoms with Crippen LogP contribution >= 0.6 is 22.9 Å². The average Bonchev–Trinajstić information content (AvgIpc) is 3.19. The molecule has 106 valence electrons. The van der Waals surface area contributed by atoms with Gasteiger partial charge in [-0.1, -0.05) is 13.0 Å². The van der Waals surface area contributed by atoms with Crippen molar-refractivity contribution in [2.45, 2.75) is 38.6 Å². The topological polar surface area (TPSA) is 46.1 Å². The third-order valence-corrected chi connectivity index (χ3v) is 5.32. The molecule has 0 unspecified atom stereocenters. The lowest BCUT2D eigenvalue weighted by Crippen LogP contribution is -2.31. The lowest BCUT2D eigenvalue weighted by molar-refractivity contribution is 0.0978. The molecule has 3 rings (SSSR count). The lowest BCUT2D eigenvalue weighted by Gasteiger charge is -2.22. The summed E-state index contributed by atoms with van der Waals surface area (Å²) in [5.74, 6) is 1.15. The number of nitrogens with zero attached hydrogens (tertiary/aromatic N) is 3. The molecule has 1 saturated heterocycles.